The lowest BCUT2D eigenvalue weighted by Gasteiger charge is -2.17. The highest BCUT2D eigenvalue weighted by molar-refractivity contribution is 9.10. The standard InChI is InChI=1S/C12H17BrN2S/c1-3-8-14-12(16)15-9(2)10-4-6-11(13)7-5-10/h4-7,9H,3,8H2,1-2H3,(H2,14,15,16). The van der Waals surface area contributed by atoms with Gasteiger partial charge in [0.15, 0.2) is 5.11 Å². The molecule has 4 heteroatoms. The number of thiocarbonyl (C=S) groups is 1. The Hall–Kier alpha value is -0.610. The molecule has 0 fully saturated rings. The van der Waals surface area contributed by atoms with Gasteiger partial charge in [-0.3, -0.25) is 0 Å². The highest BCUT2D eigenvalue weighted by atomic mass is 79.9. The molecule has 0 aliphatic carbocycles. The van der Waals surface area contributed by atoms with Gasteiger partial charge in [0.2, 0.25) is 0 Å². The van der Waals surface area contributed by atoms with Crippen LogP contribution in [0.2, 0.25) is 0 Å². The zero-order valence-electron chi connectivity index (χ0n) is 9.59. The predicted octanol–water partition coefficient (Wildman–Crippen LogP) is 3.38. The first-order valence-corrected chi connectivity index (χ1v) is 6.63. The molecule has 0 aliphatic rings. The lowest BCUT2D eigenvalue weighted by atomic mass is 10.1. The van der Waals surface area contributed by atoms with Gasteiger partial charge >= 0.3 is 0 Å². The summed E-state index contributed by atoms with van der Waals surface area (Å²) in [5, 5.41) is 7.13. The lowest BCUT2D eigenvalue weighted by molar-refractivity contribution is 0.694. The van der Waals surface area contributed by atoms with Crippen LogP contribution >= 0.6 is 28.1 Å². The number of hydrogen-bond donors (Lipinski definition) is 2. The second kappa shape index (κ2) is 6.86. The minimum absolute atomic E-state index is 0.227. The first-order valence-electron chi connectivity index (χ1n) is 5.43. The SMILES string of the molecule is CCCNC(=S)NC(C)c1ccc(Br)cc1. The van der Waals surface area contributed by atoms with Crippen molar-refractivity contribution in [1.82, 2.24) is 10.6 Å². The Kier molecular flexibility index (Phi) is 5.77. The third kappa shape index (κ3) is 4.49. The summed E-state index contributed by atoms with van der Waals surface area (Å²) in [7, 11) is 0. The molecule has 0 spiro atoms. The van der Waals surface area contributed by atoms with E-state index in [1.165, 1.54) is 5.56 Å². The summed E-state index contributed by atoms with van der Waals surface area (Å²) in [6.07, 6.45) is 1.08. The zero-order chi connectivity index (χ0) is 12.0. The van der Waals surface area contributed by atoms with Gasteiger partial charge < -0.3 is 10.6 Å². The van der Waals surface area contributed by atoms with Crippen LogP contribution in [0.15, 0.2) is 28.7 Å². The minimum Gasteiger partial charge on any atom is -0.363 e. The molecule has 1 aromatic carbocycles. The molecule has 1 atom stereocenters. The van der Waals surface area contributed by atoms with E-state index in [-0.39, 0.29) is 6.04 Å². The number of halogens is 1. The Labute approximate surface area is 111 Å². The maximum atomic E-state index is 5.19. The van der Waals surface area contributed by atoms with Gasteiger partial charge in [-0.15, -0.1) is 0 Å². The summed E-state index contributed by atoms with van der Waals surface area (Å²) in [6.45, 7) is 5.13. The van der Waals surface area contributed by atoms with Crippen LogP contribution in [0.5, 0.6) is 0 Å². The molecule has 2 N–H and O–H groups in total. The quantitative estimate of drug-likeness (QED) is 0.834. The first-order chi connectivity index (χ1) is 7.63. The molecule has 1 aromatic rings. The zero-order valence-corrected chi connectivity index (χ0v) is 12.0. The van der Waals surface area contributed by atoms with Gasteiger partial charge in [0, 0.05) is 11.0 Å². The van der Waals surface area contributed by atoms with Crippen LogP contribution in [-0.4, -0.2) is 11.7 Å². The van der Waals surface area contributed by atoms with E-state index < -0.39 is 0 Å². The van der Waals surface area contributed by atoms with Gasteiger partial charge in [0.1, 0.15) is 0 Å². The Morgan fingerprint density at radius 2 is 2.00 bits per heavy atom. The molecule has 0 aromatic heterocycles. The molecule has 16 heavy (non-hydrogen) atoms. The van der Waals surface area contributed by atoms with Crippen molar-refractivity contribution in [3.8, 4) is 0 Å². The maximum Gasteiger partial charge on any atom is 0.166 e. The number of hydrogen-bond acceptors (Lipinski definition) is 1. The van der Waals surface area contributed by atoms with Crippen LogP contribution in [0.3, 0.4) is 0 Å². The van der Waals surface area contributed by atoms with Crippen LogP contribution in [-0.2, 0) is 0 Å². The maximum absolute atomic E-state index is 5.19. The van der Waals surface area contributed by atoms with E-state index in [0.29, 0.717) is 0 Å². The Morgan fingerprint density at radius 1 is 1.38 bits per heavy atom. The van der Waals surface area contributed by atoms with E-state index in [1.807, 2.05) is 12.1 Å². The largest absolute Gasteiger partial charge is 0.363 e. The predicted molar refractivity (Wildman–Crippen MR) is 76.6 cm³/mol. The fourth-order valence-corrected chi connectivity index (χ4v) is 1.86. The molecule has 1 unspecified atom stereocenters. The first kappa shape index (κ1) is 13.5. The van der Waals surface area contributed by atoms with Crippen molar-refractivity contribution in [3.63, 3.8) is 0 Å². The van der Waals surface area contributed by atoms with Gasteiger partial charge in [0.05, 0.1) is 6.04 Å². The van der Waals surface area contributed by atoms with Crippen molar-refractivity contribution in [3.05, 3.63) is 34.3 Å². The Balaban J connectivity index is 2.48. The Bertz CT molecular complexity index is 337. The fourth-order valence-electron chi connectivity index (χ4n) is 1.32. The second-order valence-corrected chi connectivity index (χ2v) is 5.00. The van der Waals surface area contributed by atoms with E-state index >= 15 is 0 Å². The average molecular weight is 301 g/mol. The third-order valence-electron chi connectivity index (χ3n) is 2.25. The topological polar surface area (TPSA) is 24.1 Å². The van der Waals surface area contributed by atoms with Gasteiger partial charge in [-0.2, -0.15) is 0 Å². The number of nitrogens with one attached hydrogen (secondary N) is 2. The minimum atomic E-state index is 0.227. The highest BCUT2D eigenvalue weighted by Crippen LogP contribution is 2.16. The average Bonchev–Trinajstić information content (AvgIpc) is 2.27. The highest BCUT2D eigenvalue weighted by Gasteiger charge is 2.05. The van der Waals surface area contributed by atoms with Crippen LogP contribution in [0.1, 0.15) is 31.9 Å². The smallest absolute Gasteiger partial charge is 0.166 e. The Morgan fingerprint density at radius 3 is 2.56 bits per heavy atom. The molecule has 2 nitrogen and oxygen atoms in total. The molecule has 0 saturated carbocycles. The van der Waals surface area contributed by atoms with Crippen molar-refractivity contribution >= 4 is 33.3 Å². The third-order valence-corrected chi connectivity index (χ3v) is 3.04. The molecular formula is C12H17BrN2S. The molecule has 88 valence electrons. The van der Waals surface area contributed by atoms with Gasteiger partial charge in [-0.05, 0) is 43.3 Å². The molecule has 0 amide bonds. The lowest BCUT2D eigenvalue weighted by Crippen LogP contribution is -2.37. The van der Waals surface area contributed by atoms with Crippen molar-refractivity contribution < 1.29 is 0 Å². The summed E-state index contributed by atoms with van der Waals surface area (Å²) in [5.41, 5.74) is 1.23. The second-order valence-electron chi connectivity index (χ2n) is 3.67. The number of benzene rings is 1. The van der Waals surface area contributed by atoms with Gasteiger partial charge in [0.25, 0.3) is 0 Å². The summed E-state index contributed by atoms with van der Waals surface area (Å²) in [4.78, 5) is 0. The van der Waals surface area contributed by atoms with Gasteiger partial charge in [-0.1, -0.05) is 35.0 Å². The van der Waals surface area contributed by atoms with E-state index in [0.717, 1.165) is 22.6 Å². The molecular weight excluding hydrogens is 284 g/mol. The summed E-state index contributed by atoms with van der Waals surface area (Å²) in [5.74, 6) is 0. The molecule has 1 rings (SSSR count). The van der Waals surface area contributed by atoms with Crippen LogP contribution < -0.4 is 10.6 Å². The van der Waals surface area contributed by atoms with Crippen molar-refractivity contribution in [1.29, 1.82) is 0 Å². The van der Waals surface area contributed by atoms with Crippen molar-refractivity contribution in [2.75, 3.05) is 6.54 Å². The summed E-state index contributed by atoms with van der Waals surface area (Å²) in [6, 6.07) is 8.48. The molecule has 0 saturated heterocycles. The summed E-state index contributed by atoms with van der Waals surface area (Å²) >= 11 is 8.61. The fraction of sp³-hybridized carbons (Fsp3) is 0.417. The van der Waals surface area contributed by atoms with Crippen molar-refractivity contribution in [2.45, 2.75) is 26.3 Å². The van der Waals surface area contributed by atoms with Crippen LogP contribution in [0.4, 0.5) is 0 Å². The van der Waals surface area contributed by atoms with E-state index in [1.54, 1.807) is 0 Å². The number of rotatable bonds is 4. The van der Waals surface area contributed by atoms with Crippen molar-refractivity contribution in [2.24, 2.45) is 0 Å². The van der Waals surface area contributed by atoms with E-state index in [9.17, 15) is 0 Å². The normalized spacial score (nSPS) is 11.9. The van der Waals surface area contributed by atoms with E-state index in [4.69, 9.17) is 12.2 Å². The summed E-state index contributed by atoms with van der Waals surface area (Å²) < 4.78 is 1.09. The molecule has 0 aliphatic heterocycles. The van der Waals surface area contributed by atoms with Crippen LogP contribution in [0.25, 0.3) is 0 Å². The monoisotopic (exact) mass is 300 g/mol. The molecule has 0 bridgehead atoms. The van der Waals surface area contributed by atoms with Crippen LogP contribution in [0, 0.1) is 0 Å². The van der Waals surface area contributed by atoms with E-state index in [2.05, 4.69) is 52.5 Å². The van der Waals surface area contributed by atoms with Gasteiger partial charge in [-0.25, -0.2) is 0 Å². The molecule has 0 radical (unpaired) electrons. The molecule has 0 heterocycles.